The number of aliphatic hydroxyl groups excluding tert-OH is 1. The second kappa shape index (κ2) is 7.07. The Kier molecular flexibility index (Phi) is 6.87. The quantitative estimate of drug-likeness (QED) is 0.891. The number of ether oxygens (including phenoxy) is 1. The van der Waals surface area contributed by atoms with Crippen molar-refractivity contribution in [3.63, 3.8) is 0 Å². The van der Waals surface area contributed by atoms with Gasteiger partial charge in [0.1, 0.15) is 5.75 Å². The topological polar surface area (TPSA) is 55.5 Å². The van der Waals surface area contributed by atoms with Crippen LogP contribution in [-0.4, -0.2) is 18.3 Å². The van der Waals surface area contributed by atoms with Gasteiger partial charge in [0, 0.05) is 10.6 Å². The summed E-state index contributed by atoms with van der Waals surface area (Å²) in [4.78, 5) is 0. The van der Waals surface area contributed by atoms with Crippen LogP contribution in [0, 0.1) is 5.92 Å². The standard InChI is InChI=1S/C12H18ClNO2.ClH/c1-7(2)12(15)11(14)9-6-8(13)4-5-10(9)16-3;/h4-7,11-12,15H,14H2,1-3H3;1H/t11-,12+;/m0./s1. The molecule has 0 aromatic heterocycles. The van der Waals surface area contributed by atoms with Crippen LogP contribution >= 0.6 is 24.0 Å². The fraction of sp³-hybridized carbons (Fsp3) is 0.500. The molecule has 0 saturated carbocycles. The van der Waals surface area contributed by atoms with E-state index < -0.39 is 12.1 Å². The van der Waals surface area contributed by atoms with Crippen molar-refractivity contribution in [3.05, 3.63) is 28.8 Å². The summed E-state index contributed by atoms with van der Waals surface area (Å²) in [5.74, 6) is 0.732. The predicted molar refractivity (Wildman–Crippen MR) is 73.0 cm³/mol. The van der Waals surface area contributed by atoms with E-state index in [1.54, 1.807) is 25.3 Å². The molecule has 17 heavy (non-hydrogen) atoms. The lowest BCUT2D eigenvalue weighted by molar-refractivity contribution is 0.0969. The highest BCUT2D eigenvalue weighted by Gasteiger charge is 2.23. The van der Waals surface area contributed by atoms with Crippen LogP contribution in [0.4, 0.5) is 0 Å². The van der Waals surface area contributed by atoms with E-state index in [1.807, 2.05) is 13.8 Å². The summed E-state index contributed by atoms with van der Waals surface area (Å²) >= 11 is 5.91. The monoisotopic (exact) mass is 279 g/mol. The average molecular weight is 280 g/mol. The van der Waals surface area contributed by atoms with Gasteiger partial charge in [-0.2, -0.15) is 0 Å². The smallest absolute Gasteiger partial charge is 0.123 e. The van der Waals surface area contributed by atoms with Crippen molar-refractivity contribution in [1.29, 1.82) is 0 Å². The Morgan fingerprint density at radius 1 is 1.35 bits per heavy atom. The summed E-state index contributed by atoms with van der Waals surface area (Å²) < 4.78 is 5.20. The highest BCUT2D eigenvalue weighted by molar-refractivity contribution is 6.30. The van der Waals surface area contributed by atoms with Gasteiger partial charge in [0.25, 0.3) is 0 Å². The summed E-state index contributed by atoms with van der Waals surface area (Å²) in [5.41, 5.74) is 6.73. The maximum atomic E-state index is 9.94. The second-order valence-corrected chi connectivity index (χ2v) is 4.58. The summed E-state index contributed by atoms with van der Waals surface area (Å²) in [7, 11) is 1.57. The zero-order chi connectivity index (χ0) is 12.3. The van der Waals surface area contributed by atoms with Crippen molar-refractivity contribution in [2.75, 3.05) is 7.11 Å². The molecule has 3 N–H and O–H groups in total. The molecule has 1 rings (SSSR count). The maximum Gasteiger partial charge on any atom is 0.123 e. The highest BCUT2D eigenvalue weighted by atomic mass is 35.5. The largest absolute Gasteiger partial charge is 0.496 e. The molecule has 0 bridgehead atoms. The normalized spacial score (nSPS) is 14.1. The van der Waals surface area contributed by atoms with Gasteiger partial charge < -0.3 is 15.6 Å². The summed E-state index contributed by atoms with van der Waals surface area (Å²) in [6.45, 7) is 3.84. The number of methoxy groups -OCH3 is 1. The number of nitrogens with two attached hydrogens (primary N) is 1. The van der Waals surface area contributed by atoms with Crippen LogP contribution in [0.3, 0.4) is 0 Å². The molecule has 0 aliphatic rings. The fourth-order valence-electron chi connectivity index (χ4n) is 1.56. The lowest BCUT2D eigenvalue weighted by Crippen LogP contribution is -2.30. The molecule has 0 spiro atoms. The molecule has 0 unspecified atom stereocenters. The number of halogens is 2. The minimum absolute atomic E-state index is 0. The second-order valence-electron chi connectivity index (χ2n) is 4.15. The molecule has 1 aromatic rings. The Labute approximate surface area is 113 Å². The van der Waals surface area contributed by atoms with E-state index in [1.165, 1.54) is 0 Å². The summed E-state index contributed by atoms with van der Waals surface area (Å²) in [6.07, 6.45) is -0.618. The van der Waals surface area contributed by atoms with E-state index in [2.05, 4.69) is 0 Å². The van der Waals surface area contributed by atoms with Gasteiger partial charge >= 0.3 is 0 Å². The molecule has 98 valence electrons. The number of aliphatic hydroxyl groups is 1. The van der Waals surface area contributed by atoms with Crippen molar-refractivity contribution in [2.24, 2.45) is 11.7 Å². The van der Waals surface area contributed by atoms with Gasteiger partial charge in [-0.25, -0.2) is 0 Å². The minimum Gasteiger partial charge on any atom is -0.496 e. The van der Waals surface area contributed by atoms with Crippen molar-refractivity contribution < 1.29 is 9.84 Å². The minimum atomic E-state index is -0.618. The third-order valence-corrected chi connectivity index (χ3v) is 2.84. The van der Waals surface area contributed by atoms with E-state index in [4.69, 9.17) is 22.1 Å². The summed E-state index contributed by atoms with van der Waals surface area (Å²) in [6, 6.07) is 4.73. The average Bonchev–Trinajstić information content (AvgIpc) is 2.26. The Hall–Kier alpha value is -0.480. The van der Waals surface area contributed by atoms with Gasteiger partial charge in [0.15, 0.2) is 0 Å². The molecule has 0 radical (unpaired) electrons. The number of rotatable bonds is 4. The predicted octanol–water partition coefficient (Wildman–Crippen LogP) is 2.79. The lowest BCUT2D eigenvalue weighted by atomic mass is 9.94. The van der Waals surface area contributed by atoms with Crippen LogP contribution in [0.5, 0.6) is 5.75 Å². The van der Waals surface area contributed by atoms with Gasteiger partial charge in [-0.05, 0) is 24.1 Å². The Morgan fingerprint density at radius 2 is 1.94 bits per heavy atom. The van der Waals surface area contributed by atoms with Crippen LogP contribution in [-0.2, 0) is 0 Å². The first-order chi connectivity index (χ1) is 7.47. The SMILES string of the molecule is COc1ccc(Cl)cc1[C@H](N)[C@H](O)C(C)C.Cl. The van der Waals surface area contributed by atoms with E-state index in [9.17, 15) is 5.11 Å². The van der Waals surface area contributed by atoms with E-state index in [0.29, 0.717) is 10.8 Å². The first-order valence-electron chi connectivity index (χ1n) is 5.24. The Morgan fingerprint density at radius 3 is 2.41 bits per heavy atom. The molecule has 0 saturated heterocycles. The van der Waals surface area contributed by atoms with Gasteiger partial charge in [0.2, 0.25) is 0 Å². The first kappa shape index (κ1) is 16.5. The van der Waals surface area contributed by atoms with E-state index in [0.717, 1.165) is 5.56 Å². The Balaban J connectivity index is 0.00000256. The summed E-state index contributed by atoms with van der Waals surface area (Å²) in [5, 5.41) is 10.5. The van der Waals surface area contributed by atoms with Crippen LogP contribution in [0.1, 0.15) is 25.5 Å². The van der Waals surface area contributed by atoms with E-state index >= 15 is 0 Å². The number of hydrogen-bond donors (Lipinski definition) is 2. The molecule has 0 amide bonds. The van der Waals surface area contributed by atoms with Gasteiger partial charge in [-0.15, -0.1) is 12.4 Å². The molecule has 5 heteroatoms. The van der Waals surface area contributed by atoms with Crippen molar-refractivity contribution in [3.8, 4) is 5.75 Å². The third kappa shape index (κ3) is 4.03. The molecule has 1 aromatic carbocycles. The van der Waals surface area contributed by atoms with Crippen LogP contribution in [0.15, 0.2) is 18.2 Å². The molecule has 3 nitrogen and oxygen atoms in total. The molecule has 0 aliphatic carbocycles. The highest BCUT2D eigenvalue weighted by Crippen LogP contribution is 2.30. The van der Waals surface area contributed by atoms with E-state index in [-0.39, 0.29) is 18.3 Å². The Bertz CT molecular complexity index is 358. The molecule has 2 atom stereocenters. The molecular formula is C12H19Cl2NO2. The molecule has 0 aliphatic heterocycles. The van der Waals surface area contributed by atoms with Gasteiger partial charge in [-0.3, -0.25) is 0 Å². The number of hydrogen-bond acceptors (Lipinski definition) is 3. The zero-order valence-corrected chi connectivity index (χ0v) is 11.8. The van der Waals surface area contributed by atoms with Crippen molar-refractivity contribution >= 4 is 24.0 Å². The van der Waals surface area contributed by atoms with Crippen LogP contribution in [0.25, 0.3) is 0 Å². The van der Waals surface area contributed by atoms with Crippen LogP contribution in [0.2, 0.25) is 5.02 Å². The lowest BCUT2D eigenvalue weighted by Gasteiger charge is -2.24. The van der Waals surface area contributed by atoms with Crippen LogP contribution < -0.4 is 10.5 Å². The zero-order valence-electron chi connectivity index (χ0n) is 10.2. The van der Waals surface area contributed by atoms with Crippen molar-refractivity contribution in [1.82, 2.24) is 0 Å². The maximum absolute atomic E-state index is 9.94. The third-order valence-electron chi connectivity index (χ3n) is 2.60. The molecule has 0 heterocycles. The molecular weight excluding hydrogens is 261 g/mol. The van der Waals surface area contributed by atoms with Gasteiger partial charge in [0.05, 0.1) is 19.3 Å². The van der Waals surface area contributed by atoms with Crippen molar-refractivity contribution in [2.45, 2.75) is 26.0 Å². The molecule has 0 fully saturated rings. The fourth-order valence-corrected chi connectivity index (χ4v) is 1.74. The first-order valence-corrected chi connectivity index (χ1v) is 5.62. The van der Waals surface area contributed by atoms with Gasteiger partial charge in [-0.1, -0.05) is 25.4 Å². The number of benzene rings is 1.